The molecule has 0 heterocycles. The number of hydrogen-bond donors (Lipinski definition) is 1. The molecule has 5 nitrogen and oxygen atoms in total. The van der Waals surface area contributed by atoms with Crippen LogP contribution in [0, 0.1) is 0 Å². The first-order chi connectivity index (χ1) is 5.93. The molecule has 0 fully saturated rings. The van der Waals surface area contributed by atoms with E-state index in [0.29, 0.717) is 0 Å². The molecule has 0 aliphatic heterocycles. The quantitative estimate of drug-likeness (QED) is 0.246. The zero-order chi connectivity index (χ0) is 10.4. The summed E-state index contributed by atoms with van der Waals surface area (Å²) in [6, 6.07) is 0. The summed E-state index contributed by atoms with van der Waals surface area (Å²) in [5.74, 6) is -1.09. The summed E-state index contributed by atoms with van der Waals surface area (Å²) in [4.78, 5) is 19.0. The average molecular weight is 372 g/mol. The zero-order valence-electron chi connectivity index (χ0n) is 6.98. The van der Waals surface area contributed by atoms with Crippen LogP contribution in [-0.4, -0.2) is 45.7 Å². The van der Waals surface area contributed by atoms with E-state index in [1.807, 2.05) is 0 Å². The second-order valence-corrected chi connectivity index (χ2v) is 3.82. The molecule has 1 N–H and O–H groups in total. The Morgan fingerprint density at radius 2 is 2.15 bits per heavy atom. The van der Waals surface area contributed by atoms with Crippen LogP contribution in [-0.2, 0) is 24.1 Å². The first-order valence-corrected chi connectivity index (χ1v) is 4.93. The van der Waals surface area contributed by atoms with E-state index in [1.165, 1.54) is 0 Å². The van der Waals surface area contributed by atoms with Gasteiger partial charge in [0.15, 0.2) is 0 Å². The summed E-state index contributed by atoms with van der Waals surface area (Å²) in [6.07, 6.45) is 2.49. The van der Waals surface area contributed by atoms with E-state index in [-0.39, 0.29) is 9.32 Å². The number of carboxylic acid groups (broad SMARTS) is 1. The van der Waals surface area contributed by atoms with Gasteiger partial charge in [0.1, 0.15) is 0 Å². The van der Waals surface area contributed by atoms with Gasteiger partial charge in [-0.05, 0) is 0 Å². The van der Waals surface area contributed by atoms with Gasteiger partial charge in [-0.1, -0.05) is 0 Å². The molecule has 0 saturated heterocycles. The summed E-state index contributed by atoms with van der Waals surface area (Å²) in [6.45, 7) is 0. The first kappa shape index (κ1) is 12.5. The fraction of sp³-hybridized carbons (Fsp3) is 0.333. The van der Waals surface area contributed by atoms with Crippen molar-refractivity contribution in [2.75, 3.05) is 14.1 Å². The predicted molar refractivity (Wildman–Crippen MR) is 47.1 cm³/mol. The van der Waals surface area contributed by atoms with Crippen molar-refractivity contribution < 1.29 is 29.3 Å². The van der Waals surface area contributed by atoms with Gasteiger partial charge < -0.3 is 0 Å². The summed E-state index contributed by atoms with van der Waals surface area (Å²) < 4.78 is -0.0330. The second-order valence-electron chi connectivity index (χ2n) is 2.10. The fourth-order valence-corrected chi connectivity index (χ4v) is 0.931. The van der Waals surface area contributed by atoms with Crippen LogP contribution >= 0.6 is 11.6 Å². The van der Waals surface area contributed by atoms with Crippen LogP contribution in [0.2, 0.25) is 0 Å². The van der Waals surface area contributed by atoms with Gasteiger partial charge in [-0.25, -0.2) is 0 Å². The van der Waals surface area contributed by atoms with Crippen molar-refractivity contribution in [1.82, 2.24) is 4.90 Å². The van der Waals surface area contributed by atoms with E-state index >= 15 is 0 Å². The second kappa shape index (κ2) is 6.00. The molecule has 7 heteroatoms. The number of halogens is 1. The Morgan fingerprint density at radius 1 is 1.62 bits per heavy atom. The number of carboxylic acids is 1. The Hall–Kier alpha value is -0.542. The molecule has 0 atom stereocenters. The predicted octanol–water partition coefficient (Wildman–Crippen LogP) is -0.191. The van der Waals surface area contributed by atoms with Crippen molar-refractivity contribution in [2.45, 2.75) is 0 Å². The molecule has 0 aromatic rings. The minimum absolute atomic E-state index is 0.0330. The monoisotopic (exact) mass is 372 g/mol. The van der Waals surface area contributed by atoms with E-state index in [9.17, 15) is 4.79 Å². The molecule has 0 aliphatic carbocycles. The van der Waals surface area contributed by atoms with Crippen LogP contribution in [0.5, 0.6) is 0 Å². The van der Waals surface area contributed by atoms with Crippen LogP contribution in [0.25, 0.3) is 0 Å². The molecule has 0 rings (SSSR count). The Balaban J connectivity index is 4.34. The van der Waals surface area contributed by atoms with E-state index in [4.69, 9.17) is 16.7 Å². The SMILES string of the molecule is CN(C)[C-]=NC(Cl)=N[C](=[W])C(=O)O. The molecular weight excluding hydrogens is 365 g/mol. The third kappa shape index (κ3) is 6.60. The molecular formula is C6H7ClN3O2W-. The van der Waals surface area contributed by atoms with E-state index in [0.717, 1.165) is 19.4 Å². The number of aliphatic carboxylic acids is 1. The summed E-state index contributed by atoms with van der Waals surface area (Å²) in [5.41, 5.74) is 0. The summed E-state index contributed by atoms with van der Waals surface area (Å²) in [5, 5.41) is 8.32. The van der Waals surface area contributed by atoms with Gasteiger partial charge in [0, 0.05) is 0 Å². The maximum absolute atomic E-state index is 10.3. The van der Waals surface area contributed by atoms with Crippen molar-refractivity contribution in [3.05, 3.63) is 0 Å². The normalized spacial score (nSPS) is 11.8. The Labute approximate surface area is 91.5 Å². The number of carbonyl (C=O) groups is 1. The molecule has 0 radical (unpaired) electrons. The molecule has 0 bridgehead atoms. The van der Waals surface area contributed by atoms with Crippen molar-refractivity contribution in [2.24, 2.45) is 9.98 Å². The standard InChI is InChI=1S/C6H7ClN3O2.W/c1-10(2)4-9-6(7)8-3-5(11)12;/h1-2H3,(H,11,12);/q-1;. The van der Waals surface area contributed by atoms with Gasteiger partial charge in [0.25, 0.3) is 0 Å². The van der Waals surface area contributed by atoms with Gasteiger partial charge in [0.2, 0.25) is 0 Å². The van der Waals surface area contributed by atoms with Crippen molar-refractivity contribution in [1.29, 1.82) is 0 Å². The molecule has 0 aliphatic rings. The van der Waals surface area contributed by atoms with Gasteiger partial charge >= 0.3 is 91.5 Å². The minimum atomic E-state index is -1.09. The third-order valence-electron chi connectivity index (χ3n) is 0.719. The molecule has 0 aromatic carbocycles. The van der Waals surface area contributed by atoms with Crippen molar-refractivity contribution >= 4 is 33.2 Å². The number of hydrogen-bond acceptors (Lipinski definition) is 2. The van der Waals surface area contributed by atoms with Gasteiger partial charge in [-0.3, -0.25) is 0 Å². The number of amidine groups is 1. The molecule has 13 heavy (non-hydrogen) atoms. The van der Waals surface area contributed by atoms with Gasteiger partial charge in [-0.2, -0.15) is 0 Å². The summed E-state index contributed by atoms with van der Waals surface area (Å²) >= 11 is 6.21. The number of aliphatic imine (C=N–C) groups is 2. The van der Waals surface area contributed by atoms with E-state index in [2.05, 4.69) is 16.3 Å². The summed E-state index contributed by atoms with van der Waals surface area (Å²) in [7, 11) is 3.43. The molecule has 0 unspecified atom stereocenters. The molecule has 72 valence electrons. The maximum atomic E-state index is 10.3. The van der Waals surface area contributed by atoms with Crippen LogP contribution in [0.1, 0.15) is 0 Å². The average Bonchev–Trinajstić information content (AvgIpc) is 2.00. The van der Waals surface area contributed by atoms with E-state index < -0.39 is 5.97 Å². The van der Waals surface area contributed by atoms with Gasteiger partial charge in [0.05, 0.1) is 0 Å². The zero-order valence-corrected chi connectivity index (χ0v) is 10.7. The Kier molecular flexibility index (Phi) is 5.75. The number of nitrogens with zero attached hydrogens (tertiary/aromatic N) is 3. The fourth-order valence-electron chi connectivity index (χ4n) is 0.298. The van der Waals surface area contributed by atoms with Crippen LogP contribution in [0.4, 0.5) is 0 Å². The Bertz CT molecular complexity index is 275. The molecule has 0 aromatic heterocycles. The Morgan fingerprint density at radius 3 is 2.54 bits per heavy atom. The van der Waals surface area contributed by atoms with Crippen molar-refractivity contribution in [3.8, 4) is 0 Å². The number of rotatable bonds is 3. The molecule has 0 spiro atoms. The van der Waals surface area contributed by atoms with Crippen LogP contribution in [0.3, 0.4) is 0 Å². The van der Waals surface area contributed by atoms with E-state index in [1.54, 1.807) is 19.0 Å². The van der Waals surface area contributed by atoms with Crippen LogP contribution < -0.4 is 0 Å². The van der Waals surface area contributed by atoms with Gasteiger partial charge in [-0.15, -0.1) is 0 Å². The first-order valence-electron chi connectivity index (χ1n) is 3.08. The third-order valence-corrected chi connectivity index (χ3v) is 1.84. The molecule has 0 saturated carbocycles. The van der Waals surface area contributed by atoms with Crippen LogP contribution in [0.15, 0.2) is 9.98 Å². The molecule has 0 amide bonds. The topological polar surface area (TPSA) is 65.3 Å². The van der Waals surface area contributed by atoms with Crippen molar-refractivity contribution in [3.63, 3.8) is 0 Å².